The third-order valence-corrected chi connectivity index (χ3v) is 3.20. The van der Waals surface area contributed by atoms with Gasteiger partial charge in [-0.3, -0.25) is 0 Å². The van der Waals surface area contributed by atoms with Crippen molar-refractivity contribution in [3.63, 3.8) is 0 Å². The summed E-state index contributed by atoms with van der Waals surface area (Å²) in [5.74, 6) is 1.08. The fourth-order valence-electron chi connectivity index (χ4n) is 2.10. The first-order chi connectivity index (χ1) is 8.99. The molecule has 1 aromatic heterocycles. The Hall–Kier alpha value is -1.61. The summed E-state index contributed by atoms with van der Waals surface area (Å²) >= 11 is 5.86. The van der Waals surface area contributed by atoms with Crippen molar-refractivity contribution < 1.29 is 0 Å². The van der Waals surface area contributed by atoms with Crippen molar-refractivity contribution in [2.75, 3.05) is 11.9 Å². The molecule has 0 bridgehead atoms. The molecule has 2 rings (SSSR count). The number of halogens is 1. The van der Waals surface area contributed by atoms with Crippen LogP contribution >= 0.6 is 11.6 Å². The maximum atomic E-state index is 5.86. The zero-order valence-corrected chi connectivity index (χ0v) is 12.5. The van der Waals surface area contributed by atoms with Crippen molar-refractivity contribution in [3.8, 4) is 0 Å². The smallest absolute Gasteiger partial charge is 0.230 e. The SMILES string of the molecule is Cc1cc(C)cc(N(C)c2nc(C)cc(CCl)n2)c1. The van der Waals surface area contributed by atoms with Crippen LogP contribution in [0.25, 0.3) is 0 Å². The first-order valence-corrected chi connectivity index (χ1v) is 6.75. The van der Waals surface area contributed by atoms with Gasteiger partial charge in [-0.05, 0) is 50.1 Å². The standard InChI is InChI=1S/C15H18ClN3/c1-10-5-11(2)7-14(6-10)19(4)15-17-12(3)8-13(9-16)18-15/h5-8H,9H2,1-4H3. The molecular formula is C15H18ClN3. The normalized spacial score (nSPS) is 10.6. The number of alkyl halides is 1. The highest BCUT2D eigenvalue weighted by Crippen LogP contribution is 2.23. The van der Waals surface area contributed by atoms with Crippen LogP contribution in [-0.2, 0) is 5.88 Å². The maximum absolute atomic E-state index is 5.86. The molecule has 3 nitrogen and oxygen atoms in total. The Morgan fingerprint density at radius 1 is 1.00 bits per heavy atom. The van der Waals surface area contributed by atoms with Crippen molar-refractivity contribution in [2.24, 2.45) is 0 Å². The Labute approximate surface area is 119 Å². The average molecular weight is 276 g/mol. The number of aryl methyl sites for hydroxylation is 3. The van der Waals surface area contributed by atoms with Gasteiger partial charge in [-0.2, -0.15) is 0 Å². The van der Waals surface area contributed by atoms with E-state index in [1.807, 2.05) is 24.9 Å². The number of nitrogens with zero attached hydrogens (tertiary/aromatic N) is 3. The zero-order valence-electron chi connectivity index (χ0n) is 11.7. The van der Waals surface area contributed by atoms with Crippen molar-refractivity contribution in [1.82, 2.24) is 9.97 Å². The molecule has 0 fully saturated rings. The van der Waals surface area contributed by atoms with Crippen LogP contribution in [0.5, 0.6) is 0 Å². The second kappa shape index (κ2) is 5.57. The molecule has 0 saturated carbocycles. The van der Waals surface area contributed by atoms with Crippen molar-refractivity contribution >= 4 is 23.2 Å². The second-order valence-corrected chi connectivity index (χ2v) is 5.11. The van der Waals surface area contributed by atoms with E-state index in [0.29, 0.717) is 11.8 Å². The summed E-state index contributed by atoms with van der Waals surface area (Å²) < 4.78 is 0. The Morgan fingerprint density at radius 2 is 1.63 bits per heavy atom. The summed E-state index contributed by atoms with van der Waals surface area (Å²) in [6, 6.07) is 8.31. The largest absolute Gasteiger partial charge is 0.314 e. The number of hydrogen-bond acceptors (Lipinski definition) is 3. The van der Waals surface area contributed by atoms with Crippen LogP contribution in [0.2, 0.25) is 0 Å². The predicted molar refractivity (Wildman–Crippen MR) is 80.3 cm³/mol. The first kappa shape index (κ1) is 13.8. The number of hydrogen-bond donors (Lipinski definition) is 0. The molecule has 2 aromatic rings. The lowest BCUT2D eigenvalue weighted by atomic mass is 10.1. The van der Waals surface area contributed by atoms with Gasteiger partial charge in [-0.15, -0.1) is 11.6 Å². The molecule has 19 heavy (non-hydrogen) atoms. The summed E-state index contributed by atoms with van der Waals surface area (Å²) in [7, 11) is 1.97. The number of aromatic nitrogens is 2. The topological polar surface area (TPSA) is 29.0 Å². The molecular weight excluding hydrogens is 258 g/mol. The molecule has 0 aliphatic rings. The lowest BCUT2D eigenvalue weighted by Gasteiger charge is -2.19. The monoisotopic (exact) mass is 275 g/mol. The predicted octanol–water partition coefficient (Wildman–Crippen LogP) is 3.91. The van der Waals surface area contributed by atoms with Crippen LogP contribution in [0.3, 0.4) is 0 Å². The summed E-state index contributed by atoms with van der Waals surface area (Å²) in [6.45, 7) is 6.13. The maximum Gasteiger partial charge on any atom is 0.230 e. The van der Waals surface area contributed by atoms with Gasteiger partial charge in [0.05, 0.1) is 11.6 Å². The van der Waals surface area contributed by atoms with Crippen LogP contribution in [0.1, 0.15) is 22.5 Å². The molecule has 0 amide bonds. The van der Waals surface area contributed by atoms with Crippen LogP contribution < -0.4 is 4.90 Å². The number of anilines is 2. The van der Waals surface area contributed by atoms with Gasteiger partial charge in [0.1, 0.15) is 0 Å². The van der Waals surface area contributed by atoms with E-state index in [2.05, 4.69) is 42.0 Å². The minimum absolute atomic E-state index is 0.400. The van der Waals surface area contributed by atoms with Gasteiger partial charge >= 0.3 is 0 Å². The van der Waals surface area contributed by atoms with Gasteiger partial charge in [0.15, 0.2) is 0 Å². The van der Waals surface area contributed by atoms with Gasteiger partial charge < -0.3 is 4.90 Å². The molecule has 0 saturated heterocycles. The molecule has 1 heterocycles. The van der Waals surface area contributed by atoms with Gasteiger partial charge in [-0.1, -0.05) is 6.07 Å². The molecule has 0 aliphatic heterocycles. The third-order valence-electron chi connectivity index (χ3n) is 2.93. The minimum atomic E-state index is 0.400. The molecule has 4 heteroatoms. The summed E-state index contributed by atoms with van der Waals surface area (Å²) in [5, 5.41) is 0. The van der Waals surface area contributed by atoms with E-state index in [1.54, 1.807) is 0 Å². The van der Waals surface area contributed by atoms with E-state index in [4.69, 9.17) is 11.6 Å². The van der Waals surface area contributed by atoms with E-state index in [-0.39, 0.29) is 0 Å². The number of benzene rings is 1. The molecule has 0 radical (unpaired) electrons. The van der Waals surface area contributed by atoms with E-state index in [9.17, 15) is 0 Å². The van der Waals surface area contributed by atoms with Crippen LogP contribution in [-0.4, -0.2) is 17.0 Å². The fourth-order valence-corrected chi connectivity index (χ4v) is 2.23. The lowest BCUT2D eigenvalue weighted by molar-refractivity contribution is 0.978. The first-order valence-electron chi connectivity index (χ1n) is 6.22. The van der Waals surface area contributed by atoms with Gasteiger partial charge in [-0.25, -0.2) is 9.97 Å². The van der Waals surface area contributed by atoms with Crippen molar-refractivity contribution in [2.45, 2.75) is 26.7 Å². The van der Waals surface area contributed by atoms with Gasteiger partial charge in [0.25, 0.3) is 0 Å². The quantitative estimate of drug-likeness (QED) is 0.796. The molecule has 1 aromatic carbocycles. The zero-order chi connectivity index (χ0) is 14.0. The third kappa shape index (κ3) is 3.24. The van der Waals surface area contributed by atoms with Gasteiger partial charge in [0.2, 0.25) is 5.95 Å². The highest BCUT2D eigenvalue weighted by molar-refractivity contribution is 6.16. The fraction of sp³-hybridized carbons (Fsp3) is 0.333. The summed E-state index contributed by atoms with van der Waals surface area (Å²) in [5.41, 5.74) is 5.32. The molecule has 100 valence electrons. The molecule has 0 atom stereocenters. The van der Waals surface area contributed by atoms with Crippen molar-refractivity contribution in [3.05, 3.63) is 46.8 Å². The Kier molecular flexibility index (Phi) is 4.05. The Morgan fingerprint density at radius 3 is 2.21 bits per heavy atom. The van der Waals surface area contributed by atoms with Crippen LogP contribution in [0, 0.1) is 20.8 Å². The van der Waals surface area contributed by atoms with E-state index >= 15 is 0 Å². The molecule has 0 spiro atoms. The average Bonchev–Trinajstić information content (AvgIpc) is 2.35. The van der Waals surface area contributed by atoms with Gasteiger partial charge in [0, 0.05) is 18.4 Å². The Bertz CT molecular complexity index is 576. The second-order valence-electron chi connectivity index (χ2n) is 4.84. The molecule has 0 N–H and O–H groups in total. The highest BCUT2D eigenvalue weighted by Gasteiger charge is 2.10. The van der Waals surface area contributed by atoms with Crippen LogP contribution in [0.15, 0.2) is 24.3 Å². The number of rotatable bonds is 3. The lowest BCUT2D eigenvalue weighted by Crippen LogP contribution is -2.14. The van der Waals surface area contributed by atoms with Crippen LogP contribution in [0.4, 0.5) is 11.6 Å². The molecule has 0 aliphatic carbocycles. The Balaban J connectivity index is 2.43. The van der Waals surface area contributed by atoms with E-state index in [1.165, 1.54) is 11.1 Å². The minimum Gasteiger partial charge on any atom is -0.314 e. The van der Waals surface area contributed by atoms with Crippen molar-refractivity contribution in [1.29, 1.82) is 0 Å². The van der Waals surface area contributed by atoms with E-state index < -0.39 is 0 Å². The summed E-state index contributed by atoms with van der Waals surface area (Å²) in [4.78, 5) is 10.9. The highest BCUT2D eigenvalue weighted by atomic mass is 35.5. The summed E-state index contributed by atoms with van der Waals surface area (Å²) in [6.07, 6.45) is 0. The molecule has 0 unspecified atom stereocenters. The van der Waals surface area contributed by atoms with E-state index in [0.717, 1.165) is 17.1 Å².